The molecule has 1 amide bonds. The lowest BCUT2D eigenvalue weighted by Gasteiger charge is -2.30. The normalized spacial score (nSPS) is 14.4. The highest BCUT2D eigenvalue weighted by molar-refractivity contribution is 7.45. The van der Waals surface area contributed by atoms with Gasteiger partial charge in [0.1, 0.15) is 19.3 Å². The van der Waals surface area contributed by atoms with Crippen molar-refractivity contribution in [1.82, 2.24) is 5.32 Å². The second-order valence-electron chi connectivity index (χ2n) is 24.3. The summed E-state index contributed by atoms with van der Waals surface area (Å²) in [6.45, 7) is 6.68. The number of quaternary nitrogens is 1. The number of hydrogen-bond donors (Lipinski definition) is 1. The third kappa shape index (κ3) is 64.6. The highest BCUT2D eigenvalue weighted by Gasteiger charge is 2.27. The summed E-state index contributed by atoms with van der Waals surface area (Å²) in [6.07, 6.45) is 91.4. The number of unbranched alkanes of at least 4 members (excludes halogenated alkanes) is 26. The van der Waals surface area contributed by atoms with Crippen molar-refractivity contribution in [1.29, 1.82) is 0 Å². The van der Waals surface area contributed by atoms with Gasteiger partial charge < -0.3 is 28.5 Å². The van der Waals surface area contributed by atoms with Crippen molar-refractivity contribution < 1.29 is 37.3 Å². The first-order valence-electron chi connectivity index (χ1n) is 35.0. The number of carbonyl (C=O) groups excluding carboxylic acids is 2. The van der Waals surface area contributed by atoms with Crippen LogP contribution in [0.15, 0.2) is 134 Å². The topological polar surface area (TPSA) is 114 Å². The number of nitrogens with zero attached hydrogens (tertiary/aromatic N) is 1. The molecule has 0 radical (unpaired) electrons. The molecule has 10 heteroatoms. The molecule has 3 unspecified atom stereocenters. The predicted octanol–water partition coefficient (Wildman–Crippen LogP) is 21.8. The van der Waals surface area contributed by atoms with Crippen molar-refractivity contribution in [3.63, 3.8) is 0 Å². The maximum atomic E-state index is 13.6. The van der Waals surface area contributed by atoms with Crippen molar-refractivity contribution in [2.45, 2.75) is 296 Å². The van der Waals surface area contributed by atoms with Gasteiger partial charge in [-0.05, 0) is 128 Å². The number of hydrogen-bond acceptors (Lipinski definition) is 7. The van der Waals surface area contributed by atoms with Crippen LogP contribution >= 0.6 is 7.82 Å². The summed E-state index contributed by atoms with van der Waals surface area (Å²) in [6, 6.07) is -0.913. The zero-order valence-electron chi connectivity index (χ0n) is 56.2. The average Bonchev–Trinajstić information content (AvgIpc) is 3.65. The van der Waals surface area contributed by atoms with Gasteiger partial charge in [0.15, 0.2) is 0 Å². The summed E-state index contributed by atoms with van der Waals surface area (Å²) in [7, 11) is 1.15. The third-order valence-electron chi connectivity index (χ3n) is 14.8. The van der Waals surface area contributed by atoms with Crippen LogP contribution in [0.25, 0.3) is 0 Å². The summed E-state index contributed by atoms with van der Waals surface area (Å²) in [5.74, 6) is -0.577. The van der Waals surface area contributed by atoms with Crippen LogP contribution in [0.3, 0.4) is 0 Å². The van der Waals surface area contributed by atoms with Crippen LogP contribution in [0.1, 0.15) is 284 Å². The maximum Gasteiger partial charge on any atom is 0.306 e. The minimum absolute atomic E-state index is 0.0346. The Morgan fingerprint density at radius 2 is 0.744 bits per heavy atom. The smallest absolute Gasteiger partial charge is 0.306 e. The minimum Gasteiger partial charge on any atom is -0.756 e. The van der Waals surface area contributed by atoms with Crippen molar-refractivity contribution in [2.24, 2.45) is 0 Å². The molecule has 0 aliphatic carbocycles. The first-order chi connectivity index (χ1) is 41.9. The lowest BCUT2D eigenvalue weighted by Crippen LogP contribution is -2.47. The Hall–Kier alpha value is -3.85. The number of rotatable bonds is 62. The van der Waals surface area contributed by atoms with Crippen molar-refractivity contribution >= 4 is 19.7 Å². The van der Waals surface area contributed by atoms with Crippen molar-refractivity contribution in [3.05, 3.63) is 134 Å². The summed E-state index contributed by atoms with van der Waals surface area (Å²) in [4.78, 5) is 40.2. The van der Waals surface area contributed by atoms with Gasteiger partial charge in [0.05, 0.1) is 33.8 Å². The fourth-order valence-electron chi connectivity index (χ4n) is 9.45. The van der Waals surface area contributed by atoms with Gasteiger partial charge in [-0.25, -0.2) is 0 Å². The summed E-state index contributed by atoms with van der Waals surface area (Å²) in [5, 5.41) is 3.02. The van der Waals surface area contributed by atoms with E-state index in [2.05, 4.69) is 148 Å². The molecule has 86 heavy (non-hydrogen) atoms. The van der Waals surface area contributed by atoms with Crippen LogP contribution in [-0.2, 0) is 27.9 Å². The van der Waals surface area contributed by atoms with E-state index >= 15 is 0 Å². The Balaban J connectivity index is 5.16. The Morgan fingerprint density at radius 3 is 1.14 bits per heavy atom. The number of ether oxygens (including phenoxy) is 1. The zero-order valence-corrected chi connectivity index (χ0v) is 57.1. The standard InChI is InChI=1S/C76H131N2O7P/c1-7-10-13-16-19-22-25-28-30-32-34-36-37-38-39-40-41-43-45-47-49-51-54-57-60-63-66-69-76(80)85-74(67-64-61-58-55-52-27-24-21-18-15-12-9-3)73(72-84-86(81,82)83-71-70-78(4,5)6)77-75(79)68-65-62-59-56-53-50-48-46-44-42-35-33-31-29-26-23-20-17-14-11-8-2/h10,13,19-20,22-23,28-31,34-36,38-39,41-43,46,48,64,67,73-74H,7-9,11-12,14-18,21,24-27,32-33,37,40,44-45,47,49-63,65-66,68-72H2,1-6H3,(H-,77,79,81,82)/b13-10-,22-19-,23-20-,30-28-,31-29-,36-34-,39-38-,42-35-,43-41-,48-46-,67-64-. The van der Waals surface area contributed by atoms with E-state index in [1.54, 1.807) is 0 Å². The summed E-state index contributed by atoms with van der Waals surface area (Å²) < 4.78 is 30.4. The molecule has 0 aliphatic rings. The SMILES string of the molecule is CC/C=C\C/C=C\C/C=C\C/C=C\C/C=C\C/C=C\CCCCCCCCCCC(=O)OC(/C=C\CCCCCCCCCCCC)C(COP(=O)([O-])OCC[N+](C)(C)C)NC(=O)CCCCCCC/C=C\C/C=C\C/C=C\C/C=C\CCCCC. The molecule has 0 saturated carbocycles. The van der Waals surface area contributed by atoms with Crippen LogP contribution < -0.4 is 10.2 Å². The molecule has 3 atom stereocenters. The second kappa shape index (κ2) is 64.1. The van der Waals surface area contributed by atoms with Crippen molar-refractivity contribution in [2.75, 3.05) is 40.9 Å². The number of likely N-dealkylation sites (N-methyl/N-ethyl adjacent to an activating group) is 1. The molecular weight excluding hydrogens is 1080 g/mol. The lowest BCUT2D eigenvalue weighted by atomic mass is 10.0. The molecular formula is C76H131N2O7P. The maximum absolute atomic E-state index is 13.6. The number of amides is 1. The molecule has 0 aromatic rings. The van der Waals surface area contributed by atoms with Gasteiger partial charge in [-0.15, -0.1) is 0 Å². The predicted molar refractivity (Wildman–Crippen MR) is 371 cm³/mol. The highest BCUT2D eigenvalue weighted by Crippen LogP contribution is 2.38. The van der Waals surface area contributed by atoms with E-state index in [9.17, 15) is 19.0 Å². The minimum atomic E-state index is -4.72. The number of phosphoric ester groups is 1. The van der Waals surface area contributed by atoms with Crippen LogP contribution in [-0.4, -0.2) is 69.4 Å². The van der Waals surface area contributed by atoms with Crippen molar-refractivity contribution in [3.8, 4) is 0 Å². The molecule has 0 rings (SSSR count). The molecule has 0 spiro atoms. The van der Waals surface area contributed by atoms with E-state index < -0.39 is 26.6 Å². The number of carbonyl (C=O) groups is 2. The van der Waals surface area contributed by atoms with Gasteiger partial charge >= 0.3 is 5.97 Å². The quantitative estimate of drug-likeness (QED) is 0.0212. The van der Waals surface area contributed by atoms with Gasteiger partial charge in [-0.2, -0.15) is 0 Å². The van der Waals surface area contributed by atoms with Gasteiger partial charge in [0, 0.05) is 12.8 Å². The van der Waals surface area contributed by atoms with E-state index in [1.165, 1.54) is 103 Å². The summed E-state index contributed by atoms with van der Waals surface area (Å²) in [5.41, 5.74) is 0. The first kappa shape index (κ1) is 82.1. The second-order valence-corrected chi connectivity index (χ2v) is 25.7. The summed E-state index contributed by atoms with van der Waals surface area (Å²) >= 11 is 0. The fourth-order valence-corrected chi connectivity index (χ4v) is 10.2. The van der Waals surface area contributed by atoms with Crippen LogP contribution in [0.4, 0.5) is 0 Å². The number of allylic oxidation sites excluding steroid dienone is 21. The zero-order chi connectivity index (χ0) is 62.8. The lowest BCUT2D eigenvalue weighted by molar-refractivity contribution is -0.870. The Bertz CT molecular complexity index is 1930. The van der Waals surface area contributed by atoms with Gasteiger partial charge in [0.2, 0.25) is 5.91 Å². The van der Waals surface area contributed by atoms with E-state index in [-0.39, 0.29) is 31.3 Å². The Morgan fingerprint density at radius 1 is 0.419 bits per heavy atom. The Labute approximate surface area is 530 Å². The van der Waals surface area contributed by atoms with E-state index in [1.807, 2.05) is 33.3 Å². The molecule has 0 heterocycles. The van der Waals surface area contributed by atoms with E-state index in [0.29, 0.717) is 23.9 Å². The van der Waals surface area contributed by atoms with Crippen LogP contribution in [0, 0.1) is 0 Å². The van der Waals surface area contributed by atoms with Crippen LogP contribution in [0.2, 0.25) is 0 Å². The van der Waals surface area contributed by atoms with Gasteiger partial charge in [-0.3, -0.25) is 14.2 Å². The number of phosphoric acid groups is 1. The molecule has 0 aliphatic heterocycles. The fraction of sp³-hybridized carbons (Fsp3) is 0.684. The van der Waals surface area contributed by atoms with Crippen LogP contribution in [0.5, 0.6) is 0 Å². The van der Waals surface area contributed by atoms with E-state index in [4.69, 9.17) is 13.8 Å². The number of esters is 1. The number of nitrogens with one attached hydrogen (secondary N) is 1. The molecule has 0 bridgehead atoms. The average molecular weight is 1220 g/mol. The van der Waals surface area contributed by atoms with E-state index in [0.717, 1.165) is 135 Å². The third-order valence-corrected chi connectivity index (χ3v) is 15.8. The Kier molecular flexibility index (Phi) is 61.3. The molecule has 492 valence electrons. The molecule has 0 aromatic heterocycles. The van der Waals surface area contributed by atoms with Gasteiger partial charge in [-0.1, -0.05) is 277 Å². The highest BCUT2D eigenvalue weighted by atomic mass is 31.2. The largest absolute Gasteiger partial charge is 0.756 e. The molecule has 9 nitrogen and oxygen atoms in total. The molecule has 1 N–H and O–H groups in total. The first-order valence-corrected chi connectivity index (χ1v) is 36.5. The molecule has 0 saturated heterocycles. The van der Waals surface area contributed by atoms with Gasteiger partial charge in [0.25, 0.3) is 7.82 Å². The molecule has 0 aromatic carbocycles. The monoisotopic (exact) mass is 1210 g/mol. The molecule has 0 fully saturated rings.